The summed E-state index contributed by atoms with van der Waals surface area (Å²) in [4.78, 5) is 0. The van der Waals surface area contributed by atoms with Gasteiger partial charge in [-0.25, -0.2) is 0 Å². The van der Waals surface area contributed by atoms with Gasteiger partial charge in [-0.3, -0.25) is 0 Å². The van der Waals surface area contributed by atoms with Crippen molar-refractivity contribution < 1.29 is 8.85 Å². The molecule has 116 valence electrons. The molecule has 2 rings (SSSR count). The van der Waals surface area contributed by atoms with Crippen molar-refractivity contribution >= 4 is 16.6 Å². The lowest BCUT2D eigenvalue weighted by atomic mass is 10.2. The number of hydrogen-bond acceptors (Lipinski definition) is 2. The average Bonchev–Trinajstić information content (AvgIpc) is 2.65. The van der Waals surface area contributed by atoms with Crippen molar-refractivity contribution in [3.63, 3.8) is 0 Å². The van der Waals surface area contributed by atoms with Gasteiger partial charge in [0, 0.05) is 13.0 Å². The highest BCUT2D eigenvalue weighted by molar-refractivity contribution is 6.74. The first-order chi connectivity index (χ1) is 8.91. The lowest BCUT2D eigenvalue weighted by Gasteiger charge is -2.36. The van der Waals surface area contributed by atoms with Crippen molar-refractivity contribution in [3.8, 4) is 0 Å². The Balaban J connectivity index is 1.81. The highest BCUT2D eigenvalue weighted by Crippen LogP contribution is 2.57. The van der Waals surface area contributed by atoms with Crippen molar-refractivity contribution in [3.05, 3.63) is 11.8 Å². The number of hydrogen-bond donors (Lipinski definition) is 0. The second-order valence-corrected chi connectivity index (χ2v) is 18.3. The molecular weight excluding hydrogens is 280 g/mol. The van der Waals surface area contributed by atoms with Crippen LogP contribution in [-0.2, 0) is 8.85 Å². The summed E-state index contributed by atoms with van der Waals surface area (Å²) in [6, 6.07) is 0. The first-order valence-electron chi connectivity index (χ1n) is 7.94. The van der Waals surface area contributed by atoms with Crippen LogP contribution in [0, 0.1) is 17.8 Å². The average molecular weight is 313 g/mol. The van der Waals surface area contributed by atoms with E-state index in [9.17, 15) is 0 Å². The fourth-order valence-corrected chi connectivity index (χ4v) is 4.73. The minimum atomic E-state index is -1.58. The van der Waals surface area contributed by atoms with Crippen LogP contribution in [0.4, 0.5) is 0 Å². The molecule has 0 aromatic rings. The number of fused-ring (bicyclic) bond motifs is 1. The zero-order valence-corrected chi connectivity index (χ0v) is 16.5. The molecule has 0 radical (unpaired) electrons. The molecule has 2 aliphatic rings. The Bertz CT molecular complexity index is 402. The van der Waals surface area contributed by atoms with E-state index in [2.05, 4.69) is 59.6 Å². The molecule has 4 heteroatoms. The summed E-state index contributed by atoms with van der Waals surface area (Å²) in [6.45, 7) is 19.4. The molecule has 0 spiro atoms. The second kappa shape index (κ2) is 4.99. The molecule has 3 atom stereocenters. The Morgan fingerprint density at radius 1 is 1.15 bits per heavy atom. The summed E-state index contributed by atoms with van der Waals surface area (Å²) >= 11 is 0. The van der Waals surface area contributed by atoms with Gasteiger partial charge in [0.1, 0.15) is 0 Å². The Morgan fingerprint density at radius 3 is 2.15 bits per heavy atom. The summed E-state index contributed by atoms with van der Waals surface area (Å²) < 4.78 is 12.5. The normalized spacial score (nSPS) is 30.0. The van der Waals surface area contributed by atoms with Crippen molar-refractivity contribution in [2.45, 2.75) is 65.0 Å². The molecule has 1 fully saturated rings. The molecule has 1 saturated carbocycles. The maximum atomic E-state index is 6.37. The van der Waals surface area contributed by atoms with Gasteiger partial charge < -0.3 is 8.85 Å². The fourth-order valence-electron chi connectivity index (χ4n) is 2.75. The Hall–Kier alpha value is -0.0662. The van der Waals surface area contributed by atoms with Crippen LogP contribution in [0.5, 0.6) is 0 Å². The van der Waals surface area contributed by atoms with Gasteiger partial charge in [0.2, 0.25) is 8.32 Å². The van der Waals surface area contributed by atoms with Crippen LogP contribution in [0.2, 0.25) is 37.8 Å². The molecule has 0 heterocycles. The summed E-state index contributed by atoms with van der Waals surface area (Å²) in [5.41, 5.74) is 0. The van der Waals surface area contributed by atoms with Crippen molar-refractivity contribution in [1.29, 1.82) is 0 Å². The maximum Gasteiger partial charge on any atom is 0.241 e. The second-order valence-electron chi connectivity index (χ2n) is 9.03. The van der Waals surface area contributed by atoms with Crippen LogP contribution >= 0.6 is 0 Å². The molecule has 0 aromatic heterocycles. The molecule has 0 N–H and O–H groups in total. The van der Waals surface area contributed by atoms with Gasteiger partial charge in [-0.2, -0.15) is 0 Å². The van der Waals surface area contributed by atoms with Gasteiger partial charge in [0.15, 0.2) is 8.32 Å². The summed E-state index contributed by atoms with van der Waals surface area (Å²) in [7, 11) is -3.00. The van der Waals surface area contributed by atoms with Crippen LogP contribution in [0.1, 0.15) is 27.2 Å². The first kappa shape index (κ1) is 16.3. The lowest BCUT2D eigenvalue weighted by molar-refractivity contribution is 0.258. The Labute approximate surface area is 127 Å². The van der Waals surface area contributed by atoms with E-state index in [1.165, 1.54) is 5.76 Å². The van der Waals surface area contributed by atoms with Gasteiger partial charge in [0.05, 0.1) is 5.76 Å². The van der Waals surface area contributed by atoms with Gasteiger partial charge in [-0.1, -0.05) is 20.8 Å². The molecule has 0 aromatic carbocycles. The molecule has 0 bridgehead atoms. The fraction of sp³-hybridized carbons (Fsp3) is 0.875. The van der Waals surface area contributed by atoms with E-state index in [0.29, 0.717) is 5.04 Å². The topological polar surface area (TPSA) is 18.5 Å². The molecule has 1 unspecified atom stereocenters. The van der Waals surface area contributed by atoms with Crippen LogP contribution in [0.3, 0.4) is 0 Å². The van der Waals surface area contributed by atoms with Crippen LogP contribution in [0.15, 0.2) is 11.8 Å². The van der Waals surface area contributed by atoms with Gasteiger partial charge >= 0.3 is 0 Å². The predicted octanol–water partition coefficient (Wildman–Crippen LogP) is 5.01. The minimum Gasteiger partial charge on any atom is -0.548 e. The predicted molar refractivity (Wildman–Crippen MR) is 90.8 cm³/mol. The smallest absolute Gasteiger partial charge is 0.241 e. The number of allylic oxidation sites excluding steroid dienone is 2. The summed E-state index contributed by atoms with van der Waals surface area (Å²) in [5, 5.41) is 0.318. The van der Waals surface area contributed by atoms with Gasteiger partial charge in [-0.05, 0) is 61.6 Å². The quantitative estimate of drug-likeness (QED) is 0.664. The molecular formula is C16H32O2Si2. The highest BCUT2D eigenvalue weighted by atomic mass is 28.4. The molecule has 20 heavy (non-hydrogen) atoms. The van der Waals surface area contributed by atoms with Crippen LogP contribution in [0.25, 0.3) is 0 Å². The van der Waals surface area contributed by atoms with Crippen molar-refractivity contribution in [2.24, 2.45) is 17.8 Å². The zero-order chi connectivity index (χ0) is 15.3. The van der Waals surface area contributed by atoms with E-state index in [4.69, 9.17) is 8.85 Å². The van der Waals surface area contributed by atoms with Gasteiger partial charge in [0.25, 0.3) is 0 Å². The maximum absolute atomic E-state index is 6.37. The summed E-state index contributed by atoms with van der Waals surface area (Å²) in [6.07, 6.45) is 3.54. The van der Waals surface area contributed by atoms with Gasteiger partial charge in [-0.15, -0.1) is 0 Å². The minimum absolute atomic E-state index is 0.318. The Kier molecular flexibility index (Phi) is 4.07. The van der Waals surface area contributed by atoms with Crippen molar-refractivity contribution in [1.82, 2.24) is 0 Å². The molecule has 0 saturated heterocycles. The highest BCUT2D eigenvalue weighted by Gasteiger charge is 2.54. The van der Waals surface area contributed by atoms with E-state index in [0.717, 1.165) is 30.8 Å². The molecule has 0 amide bonds. The van der Waals surface area contributed by atoms with E-state index in [1.807, 2.05) is 0 Å². The van der Waals surface area contributed by atoms with Crippen molar-refractivity contribution in [2.75, 3.05) is 6.61 Å². The lowest BCUT2D eigenvalue weighted by Crippen LogP contribution is -2.41. The van der Waals surface area contributed by atoms with E-state index < -0.39 is 16.6 Å². The zero-order valence-electron chi connectivity index (χ0n) is 14.5. The van der Waals surface area contributed by atoms with Crippen LogP contribution in [-0.4, -0.2) is 23.2 Å². The van der Waals surface area contributed by atoms with E-state index in [-0.39, 0.29) is 0 Å². The van der Waals surface area contributed by atoms with E-state index >= 15 is 0 Å². The molecule has 2 aliphatic carbocycles. The van der Waals surface area contributed by atoms with Crippen LogP contribution < -0.4 is 0 Å². The first-order valence-corrected chi connectivity index (χ1v) is 14.3. The molecule has 0 aliphatic heterocycles. The third-order valence-electron chi connectivity index (χ3n) is 5.09. The van der Waals surface area contributed by atoms with E-state index in [1.54, 1.807) is 0 Å². The third kappa shape index (κ3) is 3.57. The largest absolute Gasteiger partial charge is 0.548 e. The number of rotatable bonds is 5. The standard InChI is InChI=1S/C16H32O2Si2/c1-16(2,3)20(7,8)17-11-15-13-9-12(10-14(13)15)18-19(4,5)6/h9,13-15H,10-11H2,1-8H3/t13-,14+,15?/m0/s1. The summed E-state index contributed by atoms with van der Waals surface area (Å²) in [5.74, 6) is 3.58. The SMILES string of the molecule is CC(C)(C)[Si](C)(C)OCC1[C@H]2C=C(O[Si](C)(C)C)C[C@@H]12. The third-order valence-corrected chi connectivity index (χ3v) is 10.5. The molecule has 2 nitrogen and oxygen atoms in total. The monoisotopic (exact) mass is 312 g/mol. The Morgan fingerprint density at radius 2 is 1.75 bits per heavy atom.